The summed E-state index contributed by atoms with van der Waals surface area (Å²) < 4.78 is 0. The largest absolute Gasteiger partial charge is 0.478 e. The van der Waals surface area contributed by atoms with Gasteiger partial charge in [-0.1, -0.05) is 12.1 Å². The van der Waals surface area contributed by atoms with Crippen molar-refractivity contribution in [2.45, 2.75) is 18.9 Å². The lowest BCUT2D eigenvalue weighted by molar-refractivity contribution is 0.0696. The summed E-state index contributed by atoms with van der Waals surface area (Å²) in [7, 11) is 0. The molecule has 0 amide bonds. The smallest absolute Gasteiger partial charge is 0.335 e. The van der Waals surface area contributed by atoms with E-state index in [1.165, 1.54) is 12.1 Å². The number of hydrogen-bond acceptors (Lipinski definition) is 2. The number of carboxylic acids is 1. The molecule has 0 unspecified atom stereocenters. The van der Waals surface area contributed by atoms with Crippen molar-refractivity contribution in [2.75, 3.05) is 0 Å². The standard InChI is InChI=1S/C11H12O3/c12-10(7-1-2-7)8-3-5-9(6-4-8)11(13)14/h3-7,10,12H,1-2H2,(H,13,14)/t10-/m0/s1. The summed E-state index contributed by atoms with van der Waals surface area (Å²) in [6, 6.07) is 6.44. The molecular weight excluding hydrogens is 180 g/mol. The SMILES string of the molecule is O=C(O)c1ccc([C@@H](O)C2CC2)cc1. The van der Waals surface area contributed by atoms with Gasteiger partial charge in [-0.3, -0.25) is 0 Å². The number of benzene rings is 1. The lowest BCUT2D eigenvalue weighted by Gasteiger charge is -2.08. The van der Waals surface area contributed by atoms with Crippen molar-refractivity contribution in [1.29, 1.82) is 0 Å². The van der Waals surface area contributed by atoms with Crippen LogP contribution >= 0.6 is 0 Å². The third-order valence-electron chi connectivity index (χ3n) is 2.57. The number of carbonyl (C=O) groups is 1. The van der Waals surface area contributed by atoms with Gasteiger partial charge in [0.15, 0.2) is 0 Å². The molecule has 0 aromatic heterocycles. The first-order chi connectivity index (χ1) is 6.68. The van der Waals surface area contributed by atoms with Gasteiger partial charge in [0.05, 0.1) is 11.7 Å². The van der Waals surface area contributed by atoms with Crippen LogP contribution in [0.4, 0.5) is 0 Å². The normalized spacial score (nSPS) is 17.8. The summed E-state index contributed by atoms with van der Waals surface area (Å²) >= 11 is 0. The van der Waals surface area contributed by atoms with Crippen molar-refractivity contribution in [3.05, 3.63) is 35.4 Å². The Kier molecular flexibility index (Phi) is 2.25. The van der Waals surface area contributed by atoms with Crippen molar-refractivity contribution in [1.82, 2.24) is 0 Å². The minimum absolute atomic E-state index is 0.261. The van der Waals surface area contributed by atoms with Gasteiger partial charge < -0.3 is 10.2 Å². The number of aliphatic hydroxyl groups is 1. The number of rotatable bonds is 3. The van der Waals surface area contributed by atoms with Crippen molar-refractivity contribution >= 4 is 5.97 Å². The number of aromatic carboxylic acids is 1. The van der Waals surface area contributed by atoms with Crippen molar-refractivity contribution in [3.63, 3.8) is 0 Å². The van der Waals surface area contributed by atoms with E-state index >= 15 is 0 Å². The highest BCUT2D eigenvalue weighted by Crippen LogP contribution is 2.40. The molecule has 0 spiro atoms. The minimum atomic E-state index is -0.933. The number of hydrogen-bond donors (Lipinski definition) is 2. The third kappa shape index (κ3) is 1.77. The Labute approximate surface area is 82.0 Å². The second-order valence-electron chi connectivity index (χ2n) is 3.71. The fraction of sp³-hybridized carbons (Fsp3) is 0.364. The van der Waals surface area contributed by atoms with E-state index in [2.05, 4.69) is 0 Å². The molecule has 1 aliphatic rings. The summed E-state index contributed by atoms with van der Waals surface area (Å²) in [6.45, 7) is 0. The van der Waals surface area contributed by atoms with E-state index in [-0.39, 0.29) is 5.56 Å². The number of aliphatic hydroxyl groups excluding tert-OH is 1. The molecule has 1 saturated carbocycles. The molecule has 14 heavy (non-hydrogen) atoms. The van der Waals surface area contributed by atoms with Crippen molar-refractivity contribution in [3.8, 4) is 0 Å². The maximum absolute atomic E-state index is 10.6. The maximum atomic E-state index is 10.6. The quantitative estimate of drug-likeness (QED) is 0.768. The average molecular weight is 192 g/mol. The van der Waals surface area contributed by atoms with Crippen LogP contribution in [0.5, 0.6) is 0 Å². The molecule has 3 nitrogen and oxygen atoms in total. The van der Waals surface area contributed by atoms with Crippen LogP contribution in [-0.2, 0) is 0 Å². The van der Waals surface area contributed by atoms with E-state index in [1.54, 1.807) is 12.1 Å². The van der Waals surface area contributed by atoms with Gasteiger partial charge >= 0.3 is 5.97 Å². The molecular formula is C11H12O3. The molecule has 0 bridgehead atoms. The molecule has 1 fully saturated rings. The molecule has 74 valence electrons. The minimum Gasteiger partial charge on any atom is -0.478 e. The lowest BCUT2D eigenvalue weighted by Crippen LogP contribution is -2.01. The van der Waals surface area contributed by atoms with Crippen LogP contribution in [0, 0.1) is 5.92 Å². The van der Waals surface area contributed by atoms with Gasteiger partial charge in [0.2, 0.25) is 0 Å². The Balaban J connectivity index is 2.16. The zero-order chi connectivity index (χ0) is 10.1. The maximum Gasteiger partial charge on any atom is 0.335 e. The topological polar surface area (TPSA) is 57.5 Å². The third-order valence-corrected chi connectivity index (χ3v) is 2.57. The Bertz CT molecular complexity index is 338. The van der Waals surface area contributed by atoms with E-state index in [0.29, 0.717) is 5.92 Å². The predicted molar refractivity (Wildman–Crippen MR) is 51.1 cm³/mol. The molecule has 1 aromatic rings. The van der Waals surface area contributed by atoms with E-state index in [1.807, 2.05) is 0 Å². The van der Waals surface area contributed by atoms with Gasteiger partial charge in [-0.15, -0.1) is 0 Å². The molecule has 2 N–H and O–H groups in total. The molecule has 0 heterocycles. The summed E-state index contributed by atoms with van der Waals surface area (Å²) in [6.07, 6.45) is 1.72. The summed E-state index contributed by atoms with van der Waals surface area (Å²) in [5.41, 5.74) is 1.08. The van der Waals surface area contributed by atoms with Crippen LogP contribution < -0.4 is 0 Å². The predicted octanol–water partition coefficient (Wildman–Crippen LogP) is 1.83. The Morgan fingerprint density at radius 2 is 1.86 bits per heavy atom. The fourth-order valence-corrected chi connectivity index (χ4v) is 1.51. The highest BCUT2D eigenvalue weighted by molar-refractivity contribution is 5.87. The zero-order valence-corrected chi connectivity index (χ0v) is 7.68. The van der Waals surface area contributed by atoms with Gasteiger partial charge in [0.25, 0.3) is 0 Å². The van der Waals surface area contributed by atoms with Crippen molar-refractivity contribution < 1.29 is 15.0 Å². The van der Waals surface area contributed by atoms with Gasteiger partial charge in [-0.2, -0.15) is 0 Å². The number of carboxylic acid groups (broad SMARTS) is 1. The van der Waals surface area contributed by atoms with Gasteiger partial charge in [0, 0.05) is 0 Å². The average Bonchev–Trinajstić information content (AvgIpc) is 3.00. The zero-order valence-electron chi connectivity index (χ0n) is 7.68. The van der Waals surface area contributed by atoms with Crippen LogP contribution in [0.2, 0.25) is 0 Å². The molecule has 0 aliphatic heterocycles. The van der Waals surface area contributed by atoms with Gasteiger partial charge in [0.1, 0.15) is 0 Å². The van der Waals surface area contributed by atoms with Gasteiger partial charge in [-0.25, -0.2) is 4.79 Å². The van der Waals surface area contributed by atoms with Crippen LogP contribution in [0.15, 0.2) is 24.3 Å². The summed E-state index contributed by atoms with van der Waals surface area (Å²) in [5, 5.41) is 18.4. The lowest BCUT2D eigenvalue weighted by atomic mass is 10.0. The van der Waals surface area contributed by atoms with Crippen LogP contribution in [0.3, 0.4) is 0 Å². The van der Waals surface area contributed by atoms with E-state index in [9.17, 15) is 9.90 Å². The molecule has 0 radical (unpaired) electrons. The first-order valence-corrected chi connectivity index (χ1v) is 4.70. The summed E-state index contributed by atoms with van der Waals surface area (Å²) in [5.74, 6) is -0.553. The first-order valence-electron chi connectivity index (χ1n) is 4.70. The molecule has 1 aliphatic carbocycles. The van der Waals surface area contributed by atoms with Crippen LogP contribution in [-0.4, -0.2) is 16.2 Å². The van der Waals surface area contributed by atoms with Crippen LogP contribution in [0.25, 0.3) is 0 Å². The molecule has 3 heteroatoms. The first kappa shape index (κ1) is 9.21. The van der Waals surface area contributed by atoms with Gasteiger partial charge in [-0.05, 0) is 36.5 Å². The van der Waals surface area contributed by atoms with E-state index in [0.717, 1.165) is 18.4 Å². The van der Waals surface area contributed by atoms with Crippen molar-refractivity contribution in [2.24, 2.45) is 5.92 Å². The fourth-order valence-electron chi connectivity index (χ4n) is 1.51. The highest BCUT2D eigenvalue weighted by Gasteiger charge is 2.30. The Morgan fingerprint density at radius 3 is 2.29 bits per heavy atom. The second-order valence-corrected chi connectivity index (χ2v) is 3.71. The second kappa shape index (κ2) is 3.42. The summed E-state index contributed by atoms with van der Waals surface area (Å²) in [4.78, 5) is 10.6. The monoisotopic (exact) mass is 192 g/mol. The molecule has 2 rings (SSSR count). The van der Waals surface area contributed by atoms with Crippen LogP contribution in [0.1, 0.15) is 34.9 Å². The molecule has 1 aromatic carbocycles. The molecule has 0 saturated heterocycles. The van der Waals surface area contributed by atoms with E-state index in [4.69, 9.17) is 5.11 Å². The van der Waals surface area contributed by atoms with E-state index < -0.39 is 12.1 Å². The molecule has 1 atom stereocenters. The highest BCUT2D eigenvalue weighted by atomic mass is 16.4. The Hall–Kier alpha value is -1.35. The Morgan fingerprint density at radius 1 is 1.29 bits per heavy atom.